The molecule has 0 bridgehead atoms. The topological polar surface area (TPSA) is 74.3 Å². The number of nitrogens with zero attached hydrogens (tertiary/aromatic N) is 2. The molecule has 5 nitrogen and oxygen atoms in total. The van der Waals surface area contributed by atoms with Gasteiger partial charge >= 0.3 is 5.63 Å². The van der Waals surface area contributed by atoms with Gasteiger partial charge in [0.25, 0.3) is 5.91 Å². The Morgan fingerprint density at radius 2 is 1.85 bits per heavy atom. The maximum Gasteiger partial charge on any atom is 0.349 e. The summed E-state index contributed by atoms with van der Waals surface area (Å²) in [5.74, 6) is -0.371. The van der Waals surface area contributed by atoms with E-state index in [2.05, 4.69) is 6.07 Å². The standard InChI is InChI=1S/C21H18N2O3/c1-14(2)23(13-16-9-7-15(12-22)8-10-16)20(24)18-11-17-5-3-4-6-19(17)26-21(18)25/h3-11,14H,13H2,1-2H3. The van der Waals surface area contributed by atoms with E-state index in [1.54, 1.807) is 41.3 Å². The summed E-state index contributed by atoms with van der Waals surface area (Å²) in [4.78, 5) is 26.9. The van der Waals surface area contributed by atoms with Gasteiger partial charge in [-0.25, -0.2) is 4.79 Å². The molecule has 0 aliphatic rings. The number of hydrogen-bond acceptors (Lipinski definition) is 4. The third kappa shape index (κ3) is 3.50. The van der Waals surface area contributed by atoms with Crippen LogP contribution in [-0.4, -0.2) is 16.8 Å². The second kappa shape index (κ2) is 7.24. The maximum atomic E-state index is 13.0. The van der Waals surface area contributed by atoms with Crippen molar-refractivity contribution in [2.45, 2.75) is 26.4 Å². The number of rotatable bonds is 4. The molecule has 3 rings (SSSR count). The molecule has 0 unspecified atom stereocenters. The predicted molar refractivity (Wildman–Crippen MR) is 98.7 cm³/mol. The first-order valence-corrected chi connectivity index (χ1v) is 8.32. The number of carbonyl (C=O) groups is 1. The molecule has 0 fully saturated rings. The van der Waals surface area contributed by atoms with Crippen molar-refractivity contribution in [3.05, 3.63) is 81.7 Å². The molecule has 1 amide bonds. The summed E-state index contributed by atoms with van der Waals surface area (Å²) in [6, 6.07) is 17.7. The molecule has 0 aliphatic heterocycles. The van der Waals surface area contributed by atoms with Gasteiger partial charge in [-0.2, -0.15) is 5.26 Å². The number of fused-ring (bicyclic) bond motifs is 1. The number of amides is 1. The lowest BCUT2D eigenvalue weighted by Crippen LogP contribution is -2.38. The molecule has 0 aliphatic carbocycles. The van der Waals surface area contributed by atoms with Crippen molar-refractivity contribution in [1.82, 2.24) is 4.90 Å². The predicted octanol–water partition coefficient (Wildman–Crippen LogP) is 3.72. The third-order valence-corrected chi connectivity index (χ3v) is 4.19. The zero-order valence-electron chi connectivity index (χ0n) is 14.6. The van der Waals surface area contributed by atoms with Gasteiger partial charge in [0.1, 0.15) is 11.1 Å². The molecule has 26 heavy (non-hydrogen) atoms. The Morgan fingerprint density at radius 1 is 1.15 bits per heavy atom. The molecule has 0 saturated carbocycles. The summed E-state index contributed by atoms with van der Waals surface area (Å²) in [5, 5.41) is 9.60. The number of hydrogen-bond donors (Lipinski definition) is 0. The molecule has 130 valence electrons. The summed E-state index contributed by atoms with van der Waals surface area (Å²) < 4.78 is 5.29. The molecule has 0 N–H and O–H groups in total. The minimum atomic E-state index is -0.640. The van der Waals surface area contributed by atoms with Crippen molar-refractivity contribution < 1.29 is 9.21 Å². The molecular formula is C21H18N2O3. The van der Waals surface area contributed by atoms with Crippen LogP contribution >= 0.6 is 0 Å². The van der Waals surface area contributed by atoms with Gasteiger partial charge in [-0.1, -0.05) is 30.3 Å². The van der Waals surface area contributed by atoms with E-state index >= 15 is 0 Å². The first kappa shape index (κ1) is 17.4. The first-order valence-electron chi connectivity index (χ1n) is 8.32. The van der Waals surface area contributed by atoms with Crippen molar-refractivity contribution in [3.63, 3.8) is 0 Å². The minimum Gasteiger partial charge on any atom is -0.422 e. The zero-order chi connectivity index (χ0) is 18.7. The summed E-state index contributed by atoms with van der Waals surface area (Å²) in [5.41, 5.74) is 1.28. The van der Waals surface area contributed by atoms with E-state index in [1.807, 2.05) is 32.0 Å². The quantitative estimate of drug-likeness (QED) is 0.675. The van der Waals surface area contributed by atoms with Crippen molar-refractivity contribution in [1.29, 1.82) is 5.26 Å². The Morgan fingerprint density at radius 3 is 2.50 bits per heavy atom. The largest absolute Gasteiger partial charge is 0.422 e. The number of carbonyl (C=O) groups excluding carboxylic acids is 1. The summed E-state index contributed by atoms with van der Waals surface area (Å²) >= 11 is 0. The van der Waals surface area contributed by atoms with Crippen molar-refractivity contribution in [3.8, 4) is 6.07 Å². The van der Waals surface area contributed by atoms with Crippen LogP contribution in [0, 0.1) is 11.3 Å². The average Bonchev–Trinajstić information content (AvgIpc) is 2.65. The van der Waals surface area contributed by atoms with Crippen LogP contribution in [0.4, 0.5) is 0 Å². The van der Waals surface area contributed by atoms with Gasteiger partial charge in [0.2, 0.25) is 0 Å². The van der Waals surface area contributed by atoms with Gasteiger partial charge in [-0.15, -0.1) is 0 Å². The fourth-order valence-corrected chi connectivity index (χ4v) is 2.74. The van der Waals surface area contributed by atoms with E-state index in [-0.39, 0.29) is 17.5 Å². The normalized spacial score (nSPS) is 10.7. The van der Waals surface area contributed by atoms with E-state index < -0.39 is 5.63 Å². The maximum absolute atomic E-state index is 13.0. The number of nitriles is 1. The van der Waals surface area contributed by atoms with Crippen LogP contribution in [0.1, 0.15) is 35.3 Å². The Kier molecular flexibility index (Phi) is 4.85. The van der Waals surface area contributed by atoms with E-state index in [0.29, 0.717) is 23.1 Å². The van der Waals surface area contributed by atoms with Crippen LogP contribution < -0.4 is 5.63 Å². The van der Waals surface area contributed by atoms with Gasteiger partial charge in [-0.05, 0) is 43.7 Å². The molecule has 0 radical (unpaired) electrons. The van der Waals surface area contributed by atoms with Crippen LogP contribution in [0.3, 0.4) is 0 Å². The van der Waals surface area contributed by atoms with Gasteiger partial charge < -0.3 is 9.32 Å². The van der Waals surface area contributed by atoms with Gasteiger partial charge in [-0.3, -0.25) is 4.79 Å². The molecule has 1 heterocycles. The first-order chi connectivity index (χ1) is 12.5. The van der Waals surface area contributed by atoms with E-state index in [9.17, 15) is 9.59 Å². The molecule has 2 aromatic carbocycles. The third-order valence-electron chi connectivity index (χ3n) is 4.19. The van der Waals surface area contributed by atoms with Crippen LogP contribution in [0.15, 0.2) is 63.8 Å². The summed E-state index contributed by atoms with van der Waals surface area (Å²) in [6.45, 7) is 4.13. The van der Waals surface area contributed by atoms with Crippen molar-refractivity contribution >= 4 is 16.9 Å². The molecule has 0 atom stereocenters. The molecule has 3 aromatic rings. The van der Waals surface area contributed by atoms with Crippen molar-refractivity contribution in [2.75, 3.05) is 0 Å². The van der Waals surface area contributed by atoms with Crippen LogP contribution in [0.5, 0.6) is 0 Å². The van der Waals surface area contributed by atoms with E-state index in [4.69, 9.17) is 9.68 Å². The fourth-order valence-electron chi connectivity index (χ4n) is 2.74. The SMILES string of the molecule is CC(C)N(Cc1ccc(C#N)cc1)C(=O)c1cc2ccccc2oc1=O. The Balaban J connectivity index is 1.95. The highest BCUT2D eigenvalue weighted by molar-refractivity contribution is 5.96. The van der Waals surface area contributed by atoms with E-state index in [0.717, 1.165) is 5.56 Å². The van der Waals surface area contributed by atoms with Crippen LogP contribution in [-0.2, 0) is 6.54 Å². The van der Waals surface area contributed by atoms with Crippen LogP contribution in [0.2, 0.25) is 0 Å². The number of benzene rings is 2. The minimum absolute atomic E-state index is 0.0195. The van der Waals surface area contributed by atoms with E-state index in [1.165, 1.54) is 0 Å². The second-order valence-electron chi connectivity index (χ2n) is 6.32. The number of para-hydroxylation sites is 1. The Labute approximate surface area is 151 Å². The average molecular weight is 346 g/mol. The molecule has 0 saturated heterocycles. The zero-order valence-corrected chi connectivity index (χ0v) is 14.6. The second-order valence-corrected chi connectivity index (χ2v) is 6.32. The van der Waals surface area contributed by atoms with Gasteiger partial charge in [0, 0.05) is 18.0 Å². The fraction of sp³-hybridized carbons (Fsp3) is 0.190. The van der Waals surface area contributed by atoms with Crippen LogP contribution in [0.25, 0.3) is 11.0 Å². The lowest BCUT2D eigenvalue weighted by molar-refractivity contribution is 0.0686. The lowest BCUT2D eigenvalue weighted by Gasteiger charge is -2.26. The lowest BCUT2D eigenvalue weighted by atomic mass is 10.1. The summed E-state index contributed by atoms with van der Waals surface area (Å²) in [6.07, 6.45) is 0. The smallest absolute Gasteiger partial charge is 0.349 e. The molecule has 1 aromatic heterocycles. The van der Waals surface area contributed by atoms with Gasteiger partial charge in [0.15, 0.2) is 0 Å². The highest BCUT2D eigenvalue weighted by Crippen LogP contribution is 2.17. The Hall–Kier alpha value is -3.39. The van der Waals surface area contributed by atoms with Gasteiger partial charge in [0.05, 0.1) is 11.6 Å². The molecule has 5 heteroatoms. The monoisotopic (exact) mass is 346 g/mol. The summed E-state index contributed by atoms with van der Waals surface area (Å²) in [7, 11) is 0. The molecule has 0 spiro atoms. The molecular weight excluding hydrogens is 328 g/mol. The highest BCUT2D eigenvalue weighted by atomic mass is 16.4. The Bertz CT molecular complexity index is 1040. The highest BCUT2D eigenvalue weighted by Gasteiger charge is 2.23. The van der Waals surface area contributed by atoms with Crippen molar-refractivity contribution in [2.24, 2.45) is 0 Å².